The summed E-state index contributed by atoms with van der Waals surface area (Å²) in [5.74, 6) is 4.08. The van der Waals surface area contributed by atoms with Gasteiger partial charge in [0.1, 0.15) is 0 Å². The van der Waals surface area contributed by atoms with Gasteiger partial charge in [-0.1, -0.05) is 27.2 Å². The van der Waals surface area contributed by atoms with Gasteiger partial charge in [0.05, 0.1) is 0 Å². The molecule has 7 atom stereocenters. The van der Waals surface area contributed by atoms with Crippen molar-refractivity contribution in [3.63, 3.8) is 0 Å². The van der Waals surface area contributed by atoms with Crippen molar-refractivity contribution in [2.24, 2.45) is 34.5 Å². The number of rotatable bonds is 3. The molecular weight excluding hydrogens is 242 g/mol. The summed E-state index contributed by atoms with van der Waals surface area (Å²) >= 11 is 0. The van der Waals surface area contributed by atoms with Crippen molar-refractivity contribution in [1.82, 2.24) is 5.32 Å². The smallest absolute Gasteiger partial charge is 0.0177 e. The van der Waals surface area contributed by atoms with E-state index in [1.54, 1.807) is 6.42 Å². The molecule has 1 heteroatoms. The van der Waals surface area contributed by atoms with Crippen LogP contribution in [0.4, 0.5) is 0 Å². The van der Waals surface area contributed by atoms with Crippen LogP contribution in [-0.4, -0.2) is 12.1 Å². The van der Waals surface area contributed by atoms with E-state index >= 15 is 0 Å². The Hall–Kier alpha value is -0.0400. The fraction of sp³-hybridized carbons (Fsp3) is 1.00. The van der Waals surface area contributed by atoms with Gasteiger partial charge in [-0.05, 0) is 80.0 Å². The molecule has 4 fully saturated rings. The summed E-state index contributed by atoms with van der Waals surface area (Å²) in [6.07, 6.45) is 10.5. The molecule has 0 aromatic rings. The molecule has 0 heterocycles. The number of hydrogen-bond acceptors (Lipinski definition) is 1. The third-order valence-corrected chi connectivity index (χ3v) is 8.13. The van der Waals surface area contributed by atoms with Crippen molar-refractivity contribution in [2.45, 2.75) is 84.7 Å². The molecule has 1 nitrogen and oxygen atoms in total. The molecule has 4 aliphatic rings. The van der Waals surface area contributed by atoms with Gasteiger partial charge >= 0.3 is 0 Å². The Morgan fingerprint density at radius 3 is 2.40 bits per heavy atom. The Morgan fingerprint density at radius 2 is 1.85 bits per heavy atom. The van der Waals surface area contributed by atoms with Crippen LogP contribution in [0.15, 0.2) is 0 Å². The summed E-state index contributed by atoms with van der Waals surface area (Å²) in [4.78, 5) is 0. The summed E-state index contributed by atoms with van der Waals surface area (Å²) in [6.45, 7) is 10.1. The molecule has 20 heavy (non-hydrogen) atoms. The first-order valence-electron chi connectivity index (χ1n) is 9.16. The highest BCUT2D eigenvalue weighted by Gasteiger charge is 2.59. The second-order valence-electron chi connectivity index (χ2n) is 9.64. The Balaban J connectivity index is 1.48. The number of fused-ring (bicyclic) bond motifs is 4. The van der Waals surface area contributed by atoms with Crippen LogP contribution >= 0.6 is 0 Å². The lowest BCUT2D eigenvalue weighted by molar-refractivity contribution is 0.0853. The van der Waals surface area contributed by atoms with Crippen LogP contribution in [0.2, 0.25) is 0 Å². The summed E-state index contributed by atoms with van der Waals surface area (Å²) < 4.78 is 0. The number of hydrogen-bond donors (Lipinski definition) is 1. The van der Waals surface area contributed by atoms with Crippen molar-refractivity contribution in [3.05, 3.63) is 0 Å². The summed E-state index contributed by atoms with van der Waals surface area (Å²) in [6, 6.07) is 1.49. The zero-order chi connectivity index (χ0) is 14.1. The Labute approximate surface area is 125 Å². The van der Waals surface area contributed by atoms with Gasteiger partial charge in [-0.2, -0.15) is 0 Å². The van der Waals surface area contributed by atoms with Gasteiger partial charge in [0.25, 0.3) is 0 Å². The molecule has 0 aliphatic heterocycles. The van der Waals surface area contributed by atoms with Crippen LogP contribution < -0.4 is 5.32 Å². The highest BCUT2D eigenvalue weighted by molar-refractivity contribution is 5.13. The van der Waals surface area contributed by atoms with Gasteiger partial charge in [0.2, 0.25) is 0 Å². The molecule has 114 valence electrons. The largest absolute Gasteiger partial charge is 0.310 e. The van der Waals surface area contributed by atoms with Crippen molar-refractivity contribution in [2.75, 3.05) is 0 Å². The topological polar surface area (TPSA) is 12.0 Å². The van der Waals surface area contributed by atoms with Gasteiger partial charge < -0.3 is 5.32 Å². The van der Waals surface area contributed by atoms with Crippen molar-refractivity contribution >= 4 is 0 Å². The minimum absolute atomic E-state index is 0.513. The zero-order valence-corrected chi connectivity index (χ0v) is 13.9. The van der Waals surface area contributed by atoms with Crippen LogP contribution in [0, 0.1) is 34.5 Å². The maximum Gasteiger partial charge on any atom is 0.0177 e. The molecular formula is C19H33N. The zero-order valence-electron chi connectivity index (χ0n) is 13.9. The third-order valence-electron chi connectivity index (χ3n) is 8.13. The van der Waals surface area contributed by atoms with E-state index in [0.717, 1.165) is 35.8 Å². The van der Waals surface area contributed by atoms with Gasteiger partial charge in [0, 0.05) is 12.1 Å². The maximum absolute atomic E-state index is 4.17. The molecule has 4 aliphatic carbocycles. The lowest BCUT2D eigenvalue weighted by Gasteiger charge is -2.46. The average molecular weight is 275 g/mol. The molecule has 5 unspecified atom stereocenters. The van der Waals surface area contributed by atoms with Crippen LogP contribution in [0.5, 0.6) is 0 Å². The van der Waals surface area contributed by atoms with Crippen LogP contribution in [-0.2, 0) is 0 Å². The van der Waals surface area contributed by atoms with Crippen molar-refractivity contribution in [3.8, 4) is 0 Å². The Bertz CT molecular complexity index is 396. The SMILES string of the molecule is CC(NC1C(C)(C)[C@H]2CC[C@]1(C)C2)C1CC2CCC1C2. The van der Waals surface area contributed by atoms with Gasteiger partial charge in [-0.25, -0.2) is 0 Å². The molecule has 0 spiro atoms. The van der Waals surface area contributed by atoms with Crippen LogP contribution in [0.25, 0.3) is 0 Å². The van der Waals surface area contributed by atoms with E-state index in [2.05, 4.69) is 33.0 Å². The maximum atomic E-state index is 4.17. The van der Waals surface area contributed by atoms with Crippen molar-refractivity contribution < 1.29 is 0 Å². The lowest BCUT2D eigenvalue weighted by atomic mass is 9.67. The third kappa shape index (κ3) is 1.77. The second-order valence-corrected chi connectivity index (χ2v) is 9.64. The summed E-state index contributed by atoms with van der Waals surface area (Å²) in [7, 11) is 0. The molecule has 4 saturated carbocycles. The van der Waals surface area contributed by atoms with Gasteiger partial charge in [-0.15, -0.1) is 0 Å². The van der Waals surface area contributed by atoms with E-state index in [4.69, 9.17) is 0 Å². The van der Waals surface area contributed by atoms with Crippen molar-refractivity contribution in [1.29, 1.82) is 0 Å². The lowest BCUT2D eigenvalue weighted by Crippen LogP contribution is -2.55. The molecule has 4 bridgehead atoms. The fourth-order valence-corrected chi connectivity index (χ4v) is 7.01. The van der Waals surface area contributed by atoms with E-state index in [0.29, 0.717) is 10.8 Å². The first-order valence-corrected chi connectivity index (χ1v) is 9.16. The summed E-state index contributed by atoms with van der Waals surface area (Å²) in [5, 5.41) is 4.17. The van der Waals surface area contributed by atoms with Crippen LogP contribution in [0.1, 0.15) is 72.6 Å². The predicted molar refractivity (Wildman–Crippen MR) is 84.6 cm³/mol. The Morgan fingerprint density at radius 1 is 1.05 bits per heavy atom. The standard InChI is InChI=1S/C19H33N/c1-12(16-10-13-5-6-14(16)9-13)20-17-18(2,3)15-7-8-19(17,4)11-15/h12-17,20H,5-11H2,1-4H3/t12?,13?,14?,15-,16?,17?,19+/m0/s1. The van der Waals surface area contributed by atoms with Gasteiger partial charge in [-0.3, -0.25) is 0 Å². The highest BCUT2D eigenvalue weighted by atomic mass is 15.0. The molecule has 0 aromatic heterocycles. The van der Waals surface area contributed by atoms with E-state index in [-0.39, 0.29) is 0 Å². The minimum Gasteiger partial charge on any atom is -0.310 e. The first kappa shape index (κ1) is 13.6. The molecule has 0 radical (unpaired) electrons. The first-order chi connectivity index (χ1) is 9.40. The molecule has 0 aromatic carbocycles. The predicted octanol–water partition coefficient (Wildman–Crippen LogP) is 4.62. The number of nitrogens with one attached hydrogen (secondary N) is 1. The molecule has 0 amide bonds. The monoisotopic (exact) mass is 275 g/mol. The highest BCUT2D eigenvalue weighted by Crippen LogP contribution is 2.62. The minimum atomic E-state index is 0.513. The molecule has 1 N–H and O–H groups in total. The van der Waals surface area contributed by atoms with Gasteiger partial charge in [0.15, 0.2) is 0 Å². The fourth-order valence-electron chi connectivity index (χ4n) is 7.01. The molecule has 0 saturated heterocycles. The van der Waals surface area contributed by atoms with E-state index in [1.165, 1.54) is 38.5 Å². The van der Waals surface area contributed by atoms with E-state index in [1.807, 2.05) is 0 Å². The van der Waals surface area contributed by atoms with E-state index < -0.39 is 0 Å². The summed E-state index contributed by atoms with van der Waals surface area (Å²) in [5.41, 5.74) is 1.10. The quantitative estimate of drug-likeness (QED) is 0.793. The van der Waals surface area contributed by atoms with Crippen LogP contribution in [0.3, 0.4) is 0 Å². The van der Waals surface area contributed by atoms with E-state index in [9.17, 15) is 0 Å². The normalized spacial score (nSPS) is 53.7. The molecule has 4 rings (SSSR count). The second kappa shape index (κ2) is 4.24. The average Bonchev–Trinajstić information content (AvgIpc) is 3.11. The Kier molecular flexibility index (Phi) is 2.89.